The largest absolute Gasteiger partial charge is 0.327 e. The van der Waals surface area contributed by atoms with Gasteiger partial charge in [-0.05, 0) is 0 Å². The zero-order chi connectivity index (χ0) is 5.98. The van der Waals surface area contributed by atoms with Crippen molar-refractivity contribution in [2.24, 2.45) is 12.0 Å². The molecule has 0 unspecified atom stereocenters. The second kappa shape index (κ2) is 2.13. The minimum atomic E-state index is 1.06. The molecule has 8 heavy (non-hydrogen) atoms. The van der Waals surface area contributed by atoms with E-state index in [1.54, 1.807) is 18.4 Å². The first-order chi connectivity index (χ1) is 3.84. The van der Waals surface area contributed by atoms with Crippen molar-refractivity contribution in [2.45, 2.75) is 0 Å². The van der Waals surface area contributed by atoms with Gasteiger partial charge in [-0.15, -0.1) is 11.3 Å². The molecule has 1 rings (SSSR count). The summed E-state index contributed by atoms with van der Waals surface area (Å²) < 4.78 is 1.99. The Labute approximate surface area is 52.1 Å². The van der Waals surface area contributed by atoms with Crippen LogP contribution in [0.15, 0.2) is 16.6 Å². The molecule has 0 amide bonds. The van der Waals surface area contributed by atoms with Gasteiger partial charge in [0.15, 0.2) is 4.80 Å². The Hall–Kier alpha value is -0.570. The maximum Gasteiger partial charge on any atom is 0.184 e. The Bertz CT molecular complexity index is 220. The van der Waals surface area contributed by atoms with Gasteiger partial charge in [-0.1, -0.05) is 0 Å². The van der Waals surface area contributed by atoms with Crippen LogP contribution < -0.4 is 4.80 Å². The Balaban J connectivity index is 3.31. The van der Waals surface area contributed by atoms with Crippen LogP contribution in [0.2, 0.25) is 0 Å². The van der Waals surface area contributed by atoms with Gasteiger partial charge in [-0.2, -0.15) is 0 Å². The summed E-state index contributed by atoms with van der Waals surface area (Å²) in [6.07, 6.45) is 1.99. The molecule has 0 atom stereocenters. The van der Waals surface area contributed by atoms with Crippen LogP contribution in [0, 0.1) is 0 Å². The van der Waals surface area contributed by atoms with Crippen molar-refractivity contribution < 1.29 is 0 Å². The normalized spacial score (nSPS) is 12.5. The molecule has 3 heteroatoms. The van der Waals surface area contributed by atoms with Crippen LogP contribution in [0.3, 0.4) is 0 Å². The Morgan fingerprint density at radius 1 is 1.75 bits per heavy atom. The number of rotatable bonds is 0. The van der Waals surface area contributed by atoms with Gasteiger partial charge in [0, 0.05) is 25.7 Å². The SMILES string of the molecule is C/N=c1\sccn1C. The standard InChI is InChI=1S/C5H8N2S/c1-6-5-7(2)3-4-8-5/h3-4H,1-2H3/b6-5-. The van der Waals surface area contributed by atoms with Gasteiger partial charge in [0.2, 0.25) is 0 Å². The zero-order valence-electron chi connectivity index (χ0n) is 4.96. The molecule has 0 fully saturated rings. The lowest BCUT2D eigenvalue weighted by Crippen LogP contribution is -2.07. The molecule has 0 N–H and O–H groups in total. The highest BCUT2D eigenvalue weighted by Gasteiger charge is 1.81. The molecule has 2 nitrogen and oxygen atoms in total. The van der Waals surface area contributed by atoms with E-state index in [2.05, 4.69) is 4.99 Å². The van der Waals surface area contributed by atoms with Gasteiger partial charge in [0.1, 0.15) is 0 Å². The Morgan fingerprint density at radius 2 is 2.50 bits per heavy atom. The Kier molecular flexibility index (Phi) is 1.48. The lowest BCUT2D eigenvalue weighted by molar-refractivity contribution is 0.867. The number of hydrogen-bond acceptors (Lipinski definition) is 2. The summed E-state index contributed by atoms with van der Waals surface area (Å²) in [5.41, 5.74) is 0. The summed E-state index contributed by atoms with van der Waals surface area (Å²) in [6, 6.07) is 0. The van der Waals surface area contributed by atoms with E-state index in [0.717, 1.165) is 4.80 Å². The summed E-state index contributed by atoms with van der Waals surface area (Å²) >= 11 is 1.65. The van der Waals surface area contributed by atoms with Crippen molar-refractivity contribution in [1.82, 2.24) is 4.57 Å². The second-order valence-electron chi connectivity index (χ2n) is 1.52. The van der Waals surface area contributed by atoms with Crippen LogP contribution in [0.25, 0.3) is 0 Å². The van der Waals surface area contributed by atoms with Crippen LogP contribution in [-0.4, -0.2) is 11.6 Å². The third-order valence-electron chi connectivity index (χ3n) is 0.951. The molecule has 0 aliphatic heterocycles. The lowest BCUT2D eigenvalue weighted by Gasteiger charge is -1.83. The highest BCUT2D eigenvalue weighted by molar-refractivity contribution is 7.07. The quantitative estimate of drug-likeness (QED) is 0.487. The monoisotopic (exact) mass is 128 g/mol. The van der Waals surface area contributed by atoms with Crippen molar-refractivity contribution >= 4 is 11.3 Å². The third kappa shape index (κ3) is 0.816. The molecule has 0 radical (unpaired) electrons. The van der Waals surface area contributed by atoms with E-state index in [1.807, 2.05) is 23.2 Å². The van der Waals surface area contributed by atoms with Crippen LogP contribution in [0.4, 0.5) is 0 Å². The average molecular weight is 128 g/mol. The van der Waals surface area contributed by atoms with E-state index < -0.39 is 0 Å². The van der Waals surface area contributed by atoms with Gasteiger partial charge in [0.05, 0.1) is 0 Å². The molecule has 44 valence electrons. The highest BCUT2D eigenvalue weighted by atomic mass is 32.1. The minimum Gasteiger partial charge on any atom is -0.327 e. The third-order valence-corrected chi connectivity index (χ3v) is 1.89. The molecule has 1 aromatic heterocycles. The molecule has 0 spiro atoms. The summed E-state index contributed by atoms with van der Waals surface area (Å²) in [7, 11) is 3.78. The molecular formula is C5H8N2S. The fraction of sp³-hybridized carbons (Fsp3) is 0.400. The first-order valence-corrected chi connectivity index (χ1v) is 3.25. The zero-order valence-corrected chi connectivity index (χ0v) is 5.77. The predicted molar refractivity (Wildman–Crippen MR) is 34.8 cm³/mol. The molecule has 0 saturated heterocycles. The molecule has 0 aliphatic rings. The van der Waals surface area contributed by atoms with E-state index in [4.69, 9.17) is 0 Å². The summed E-state index contributed by atoms with van der Waals surface area (Å²) in [5.74, 6) is 0. The topological polar surface area (TPSA) is 17.3 Å². The van der Waals surface area contributed by atoms with E-state index >= 15 is 0 Å². The number of aryl methyl sites for hydroxylation is 1. The first kappa shape index (κ1) is 5.56. The van der Waals surface area contributed by atoms with Crippen molar-refractivity contribution in [3.05, 3.63) is 16.4 Å². The van der Waals surface area contributed by atoms with Gasteiger partial charge in [0.25, 0.3) is 0 Å². The van der Waals surface area contributed by atoms with Crippen LogP contribution >= 0.6 is 11.3 Å². The maximum atomic E-state index is 4.01. The average Bonchev–Trinajstić information content (AvgIpc) is 2.14. The van der Waals surface area contributed by atoms with E-state index in [9.17, 15) is 0 Å². The molecule has 0 bridgehead atoms. The van der Waals surface area contributed by atoms with Crippen LogP contribution in [0.5, 0.6) is 0 Å². The molecule has 0 aliphatic carbocycles. The smallest absolute Gasteiger partial charge is 0.184 e. The number of hydrogen-bond donors (Lipinski definition) is 0. The van der Waals surface area contributed by atoms with Crippen LogP contribution in [0.1, 0.15) is 0 Å². The van der Waals surface area contributed by atoms with Crippen molar-refractivity contribution in [1.29, 1.82) is 0 Å². The highest BCUT2D eigenvalue weighted by Crippen LogP contribution is 1.83. The van der Waals surface area contributed by atoms with Gasteiger partial charge < -0.3 is 4.57 Å². The van der Waals surface area contributed by atoms with E-state index in [-0.39, 0.29) is 0 Å². The van der Waals surface area contributed by atoms with Crippen LogP contribution in [-0.2, 0) is 7.05 Å². The first-order valence-electron chi connectivity index (χ1n) is 2.37. The molecule has 1 heterocycles. The van der Waals surface area contributed by atoms with E-state index in [0.29, 0.717) is 0 Å². The summed E-state index contributed by atoms with van der Waals surface area (Å²) in [4.78, 5) is 5.07. The molecular weight excluding hydrogens is 120 g/mol. The number of aromatic nitrogens is 1. The maximum absolute atomic E-state index is 4.01. The Morgan fingerprint density at radius 3 is 2.75 bits per heavy atom. The minimum absolute atomic E-state index is 1.06. The summed E-state index contributed by atoms with van der Waals surface area (Å²) in [6.45, 7) is 0. The van der Waals surface area contributed by atoms with E-state index in [1.165, 1.54) is 0 Å². The van der Waals surface area contributed by atoms with Gasteiger partial charge >= 0.3 is 0 Å². The second-order valence-corrected chi connectivity index (χ2v) is 2.39. The lowest BCUT2D eigenvalue weighted by atomic mass is 10.9. The number of nitrogens with zero attached hydrogens (tertiary/aromatic N) is 2. The number of thiazole rings is 1. The van der Waals surface area contributed by atoms with Crippen molar-refractivity contribution in [3.8, 4) is 0 Å². The van der Waals surface area contributed by atoms with Gasteiger partial charge in [-0.25, -0.2) is 0 Å². The molecule has 1 aromatic rings. The predicted octanol–water partition coefficient (Wildman–Crippen LogP) is 0.617. The fourth-order valence-corrected chi connectivity index (χ4v) is 1.24. The fourth-order valence-electron chi connectivity index (χ4n) is 0.540. The molecule has 0 saturated carbocycles. The molecule has 0 aromatic carbocycles. The van der Waals surface area contributed by atoms with Crippen molar-refractivity contribution in [3.63, 3.8) is 0 Å². The summed E-state index contributed by atoms with van der Waals surface area (Å²) in [5, 5.41) is 2.02. The van der Waals surface area contributed by atoms with Gasteiger partial charge in [-0.3, -0.25) is 4.99 Å². The van der Waals surface area contributed by atoms with Crippen molar-refractivity contribution in [2.75, 3.05) is 7.05 Å².